The maximum atomic E-state index is 12.6. The highest BCUT2D eigenvalue weighted by Crippen LogP contribution is 2.36. The van der Waals surface area contributed by atoms with Crippen LogP contribution in [0.25, 0.3) is 11.0 Å². The van der Waals surface area contributed by atoms with Gasteiger partial charge < -0.3 is 4.42 Å². The molecule has 5 heteroatoms. The van der Waals surface area contributed by atoms with E-state index in [0.717, 1.165) is 12.3 Å². The highest BCUT2D eigenvalue weighted by Gasteiger charge is 2.33. The van der Waals surface area contributed by atoms with E-state index in [1.807, 2.05) is 0 Å². The molecule has 0 saturated carbocycles. The molecule has 2 aromatic rings. The molecule has 0 bridgehead atoms. The van der Waals surface area contributed by atoms with Gasteiger partial charge in [-0.3, -0.25) is 4.79 Å². The Hall–Kier alpha value is -1.78. The second-order valence-electron chi connectivity index (χ2n) is 2.99. The Balaban J connectivity index is 2.84. The SMILES string of the molecule is O=Cc1coc2cccc(C(F)(F)F)c12. The van der Waals surface area contributed by atoms with Crippen molar-refractivity contribution in [2.24, 2.45) is 0 Å². The highest BCUT2D eigenvalue weighted by molar-refractivity contribution is 5.98. The maximum absolute atomic E-state index is 12.6. The normalized spacial score (nSPS) is 11.9. The van der Waals surface area contributed by atoms with Crippen molar-refractivity contribution in [1.82, 2.24) is 0 Å². The van der Waals surface area contributed by atoms with Gasteiger partial charge in [0.05, 0.1) is 11.1 Å². The average Bonchev–Trinajstić information content (AvgIpc) is 2.58. The molecule has 0 aliphatic carbocycles. The molecular formula is C10H5F3O2. The van der Waals surface area contributed by atoms with E-state index in [1.165, 1.54) is 12.1 Å². The minimum atomic E-state index is -4.48. The number of fused-ring (bicyclic) bond motifs is 1. The van der Waals surface area contributed by atoms with Crippen molar-refractivity contribution in [2.75, 3.05) is 0 Å². The summed E-state index contributed by atoms with van der Waals surface area (Å²) in [5, 5.41) is -0.181. The molecule has 0 N–H and O–H groups in total. The predicted molar refractivity (Wildman–Crippen MR) is 46.6 cm³/mol. The van der Waals surface area contributed by atoms with Gasteiger partial charge in [0.1, 0.15) is 11.8 Å². The fraction of sp³-hybridized carbons (Fsp3) is 0.100. The standard InChI is InChI=1S/C10H5F3O2/c11-10(12,13)7-2-1-3-8-9(7)6(4-14)5-15-8/h1-5H. The monoisotopic (exact) mass is 214 g/mol. The lowest BCUT2D eigenvalue weighted by atomic mass is 10.1. The summed E-state index contributed by atoms with van der Waals surface area (Å²) in [7, 11) is 0. The van der Waals surface area contributed by atoms with Gasteiger partial charge in [-0.2, -0.15) is 13.2 Å². The Labute approximate surface area is 82.3 Å². The van der Waals surface area contributed by atoms with Gasteiger partial charge in [0, 0.05) is 5.39 Å². The first-order valence-electron chi connectivity index (χ1n) is 4.06. The highest BCUT2D eigenvalue weighted by atomic mass is 19.4. The Morgan fingerprint density at radius 2 is 2.00 bits per heavy atom. The van der Waals surface area contributed by atoms with E-state index in [9.17, 15) is 18.0 Å². The Kier molecular flexibility index (Phi) is 2.03. The van der Waals surface area contributed by atoms with Gasteiger partial charge in [0.2, 0.25) is 0 Å². The minimum Gasteiger partial charge on any atom is -0.464 e. The first-order valence-corrected chi connectivity index (χ1v) is 4.06. The van der Waals surface area contributed by atoms with Crippen LogP contribution < -0.4 is 0 Å². The molecule has 0 unspecified atom stereocenters. The van der Waals surface area contributed by atoms with Crippen molar-refractivity contribution >= 4 is 17.3 Å². The Morgan fingerprint density at radius 3 is 2.60 bits per heavy atom. The molecule has 0 spiro atoms. The molecule has 15 heavy (non-hydrogen) atoms. The number of hydrogen-bond donors (Lipinski definition) is 0. The zero-order valence-electron chi connectivity index (χ0n) is 7.34. The minimum absolute atomic E-state index is 0.0620. The van der Waals surface area contributed by atoms with Crippen LogP contribution >= 0.6 is 0 Å². The molecule has 1 aromatic carbocycles. The summed E-state index contributed by atoms with van der Waals surface area (Å²) in [6.07, 6.45) is -3.12. The van der Waals surface area contributed by atoms with Gasteiger partial charge in [-0.25, -0.2) is 0 Å². The lowest BCUT2D eigenvalue weighted by Gasteiger charge is -2.07. The molecule has 0 atom stereocenters. The van der Waals surface area contributed by atoms with Crippen LogP contribution in [0.4, 0.5) is 13.2 Å². The Morgan fingerprint density at radius 1 is 1.27 bits per heavy atom. The zero-order chi connectivity index (χ0) is 11.1. The predicted octanol–water partition coefficient (Wildman–Crippen LogP) is 3.26. The molecule has 78 valence electrons. The topological polar surface area (TPSA) is 30.2 Å². The molecule has 0 saturated heterocycles. The summed E-state index contributed by atoms with van der Waals surface area (Å²) in [5.41, 5.74) is -0.874. The largest absolute Gasteiger partial charge is 0.464 e. The van der Waals surface area contributed by atoms with Crippen LogP contribution in [0, 0.1) is 0 Å². The number of furan rings is 1. The lowest BCUT2D eigenvalue weighted by Crippen LogP contribution is -2.05. The third-order valence-corrected chi connectivity index (χ3v) is 2.06. The second kappa shape index (κ2) is 3.12. The quantitative estimate of drug-likeness (QED) is 0.682. The van der Waals surface area contributed by atoms with Crippen LogP contribution in [0.2, 0.25) is 0 Å². The fourth-order valence-electron chi connectivity index (χ4n) is 1.44. The summed E-state index contributed by atoms with van der Waals surface area (Å²) >= 11 is 0. The van der Waals surface area contributed by atoms with E-state index < -0.39 is 11.7 Å². The van der Waals surface area contributed by atoms with Crippen LogP contribution in [0.5, 0.6) is 0 Å². The third-order valence-electron chi connectivity index (χ3n) is 2.06. The van der Waals surface area contributed by atoms with Crippen molar-refractivity contribution in [3.63, 3.8) is 0 Å². The second-order valence-corrected chi connectivity index (χ2v) is 2.99. The van der Waals surface area contributed by atoms with Gasteiger partial charge >= 0.3 is 6.18 Å². The fourth-order valence-corrected chi connectivity index (χ4v) is 1.44. The molecule has 2 rings (SSSR count). The van der Waals surface area contributed by atoms with Gasteiger partial charge in [-0.05, 0) is 12.1 Å². The molecule has 0 radical (unpaired) electrons. The summed E-state index contributed by atoms with van der Waals surface area (Å²) in [5.74, 6) is 0. The van der Waals surface area contributed by atoms with Gasteiger partial charge in [-0.15, -0.1) is 0 Å². The molecule has 1 aromatic heterocycles. The van der Waals surface area contributed by atoms with Crippen molar-refractivity contribution in [1.29, 1.82) is 0 Å². The summed E-state index contributed by atoms with van der Waals surface area (Å²) in [4.78, 5) is 10.5. The number of alkyl halides is 3. The number of benzene rings is 1. The number of rotatable bonds is 1. The van der Waals surface area contributed by atoms with Gasteiger partial charge in [-0.1, -0.05) is 6.07 Å². The van der Waals surface area contributed by atoms with E-state index in [0.29, 0.717) is 6.29 Å². The number of halogens is 3. The average molecular weight is 214 g/mol. The lowest BCUT2D eigenvalue weighted by molar-refractivity contribution is -0.136. The van der Waals surface area contributed by atoms with Gasteiger partial charge in [0.15, 0.2) is 6.29 Å². The number of carbonyl (C=O) groups is 1. The van der Waals surface area contributed by atoms with Crippen molar-refractivity contribution in [3.05, 3.63) is 35.6 Å². The molecular weight excluding hydrogens is 209 g/mol. The molecule has 0 fully saturated rings. The zero-order valence-corrected chi connectivity index (χ0v) is 7.34. The number of carbonyl (C=O) groups excluding carboxylic acids is 1. The number of aldehydes is 1. The van der Waals surface area contributed by atoms with E-state index in [-0.39, 0.29) is 16.5 Å². The first-order chi connectivity index (χ1) is 7.04. The third kappa shape index (κ3) is 1.49. The van der Waals surface area contributed by atoms with Crippen LogP contribution in [-0.4, -0.2) is 6.29 Å². The maximum Gasteiger partial charge on any atom is 0.417 e. The van der Waals surface area contributed by atoms with Crippen molar-refractivity contribution < 1.29 is 22.4 Å². The van der Waals surface area contributed by atoms with E-state index in [2.05, 4.69) is 0 Å². The summed E-state index contributed by atoms with van der Waals surface area (Å²) < 4.78 is 42.5. The molecule has 0 amide bonds. The molecule has 2 nitrogen and oxygen atoms in total. The number of hydrogen-bond acceptors (Lipinski definition) is 2. The van der Waals surface area contributed by atoms with E-state index in [1.54, 1.807) is 0 Å². The van der Waals surface area contributed by atoms with E-state index >= 15 is 0 Å². The van der Waals surface area contributed by atoms with Gasteiger partial charge in [0.25, 0.3) is 0 Å². The Bertz CT molecular complexity index is 511. The summed E-state index contributed by atoms with van der Waals surface area (Å²) in [6.45, 7) is 0. The van der Waals surface area contributed by atoms with Crippen LogP contribution in [0.15, 0.2) is 28.9 Å². The van der Waals surface area contributed by atoms with Crippen molar-refractivity contribution in [2.45, 2.75) is 6.18 Å². The van der Waals surface area contributed by atoms with E-state index in [4.69, 9.17) is 4.42 Å². The van der Waals surface area contributed by atoms with Crippen LogP contribution in [-0.2, 0) is 6.18 Å². The smallest absolute Gasteiger partial charge is 0.417 e. The molecule has 0 aliphatic rings. The first kappa shape index (κ1) is 9.76. The van der Waals surface area contributed by atoms with Crippen LogP contribution in [0.1, 0.15) is 15.9 Å². The molecule has 0 aliphatic heterocycles. The van der Waals surface area contributed by atoms with Crippen molar-refractivity contribution in [3.8, 4) is 0 Å². The summed E-state index contributed by atoms with van der Waals surface area (Å²) in [6, 6.07) is 3.55. The molecule has 1 heterocycles. The van der Waals surface area contributed by atoms with Crippen LogP contribution in [0.3, 0.4) is 0 Å².